The van der Waals surface area contributed by atoms with Gasteiger partial charge in [0.05, 0.1) is 17.4 Å². The second-order valence-electron chi connectivity index (χ2n) is 1.90. The van der Waals surface area contributed by atoms with Gasteiger partial charge in [0, 0.05) is 0 Å². The maximum Gasteiger partial charge on any atom is 0.337 e. The van der Waals surface area contributed by atoms with Crippen molar-refractivity contribution in [2.45, 2.75) is 0 Å². The van der Waals surface area contributed by atoms with Crippen molar-refractivity contribution < 1.29 is 9.90 Å². The number of hydrogen-bond acceptors (Lipinski definition) is 3. The average Bonchev–Trinajstić information content (AvgIpc) is 1.94. The molecule has 58 valence electrons. The maximum atomic E-state index is 10.5. The van der Waals surface area contributed by atoms with E-state index in [0.29, 0.717) is 3.70 Å². The Morgan fingerprint density at radius 1 is 1.73 bits per heavy atom. The summed E-state index contributed by atoms with van der Waals surface area (Å²) in [5.74, 6) is -1.03. The minimum Gasteiger partial charge on any atom is -0.478 e. The molecule has 0 amide bonds. The van der Waals surface area contributed by atoms with Gasteiger partial charge in [-0.1, -0.05) is 0 Å². The van der Waals surface area contributed by atoms with E-state index in [9.17, 15) is 4.79 Å². The van der Waals surface area contributed by atoms with Gasteiger partial charge in [0.1, 0.15) is 3.70 Å². The highest BCUT2D eigenvalue weighted by Gasteiger charge is 2.07. The number of nitrogens with zero attached hydrogens (tertiary/aromatic N) is 1. The van der Waals surface area contributed by atoms with Crippen molar-refractivity contribution in [3.8, 4) is 0 Å². The van der Waals surface area contributed by atoms with Crippen LogP contribution in [0.15, 0.2) is 12.3 Å². The van der Waals surface area contributed by atoms with Crippen molar-refractivity contribution in [3.63, 3.8) is 0 Å². The summed E-state index contributed by atoms with van der Waals surface area (Å²) in [6.45, 7) is 0. The molecule has 1 aromatic rings. The number of hydrogen-bond donors (Lipinski definition) is 2. The van der Waals surface area contributed by atoms with Gasteiger partial charge in [0.2, 0.25) is 0 Å². The third-order valence-electron chi connectivity index (χ3n) is 1.13. The molecule has 0 atom stereocenters. The Morgan fingerprint density at radius 3 is 2.82 bits per heavy atom. The summed E-state index contributed by atoms with van der Waals surface area (Å²) in [5, 5.41) is 8.58. The standard InChI is InChI=1S/C6H5IN2O2/c7-5-1-3(6(10)11)4(8)2-9-5/h1-2H,8H2,(H,10,11). The monoisotopic (exact) mass is 264 g/mol. The molecule has 1 heterocycles. The highest BCUT2D eigenvalue weighted by atomic mass is 127. The number of aromatic nitrogens is 1. The largest absolute Gasteiger partial charge is 0.478 e. The van der Waals surface area contributed by atoms with Gasteiger partial charge >= 0.3 is 5.97 Å². The summed E-state index contributed by atoms with van der Waals surface area (Å²) in [4.78, 5) is 14.3. The first-order chi connectivity index (χ1) is 5.11. The summed E-state index contributed by atoms with van der Waals surface area (Å²) in [7, 11) is 0. The van der Waals surface area contributed by atoms with Crippen LogP contribution in [0.25, 0.3) is 0 Å². The number of carboxylic acid groups (broad SMARTS) is 1. The van der Waals surface area contributed by atoms with E-state index in [4.69, 9.17) is 10.8 Å². The minimum absolute atomic E-state index is 0.101. The number of carboxylic acids is 1. The lowest BCUT2D eigenvalue weighted by Gasteiger charge is -1.98. The zero-order valence-corrected chi connectivity index (χ0v) is 7.57. The minimum atomic E-state index is -1.03. The second kappa shape index (κ2) is 3.04. The van der Waals surface area contributed by atoms with Crippen molar-refractivity contribution >= 4 is 34.2 Å². The zero-order chi connectivity index (χ0) is 8.43. The molecule has 0 bridgehead atoms. The van der Waals surface area contributed by atoms with E-state index in [1.165, 1.54) is 12.3 Å². The van der Waals surface area contributed by atoms with Crippen LogP contribution in [-0.2, 0) is 0 Å². The van der Waals surface area contributed by atoms with Gasteiger partial charge < -0.3 is 10.8 Å². The topological polar surface area (TPSA) is 76.2 Å². The molecule has 0 unspecified atom stereocenters. The number of aromatic carboxylic acids is 1. The Morgan fingerprint density at radius 2 is 2.36 bits per heavy atom. The van der Waals surface area contributed by atoms with Crippen LogP contribution in [0, 0.1) is 3.70 Å². The van der Waals surface area contributed by atoms with E-state index in [0.717, 1.165) is 0 Å². The molecule has 0 spiro atoms. The Kier molecular flexibility index (Phi) is 2.28. The van der Waals surface area contributed by atoms with Gasteiger partial charge in [0.25, 0.3) is 0 Å². The molecule has 0 aliphatic rings. The smallest absolute Gasteiger partial charge is 0.337 e. The number of nitrogens with two attached hydrogens (primary N) is 1. The van der Waals surface area contributed by atoms with Gasteiger partial charge in [-0.25, -0.2) is 9.78 Å². The van der Waals surface area contributed by atoms with Crippen molar-refractivity contribution in [2.24, 2.45) is 0 Å². The first-order valence-electron chi connectivity index (χ1n) is 2.75. The molecule has 4 nitrogen and oxygen atoms in total. The molecular weight excluding hydrogens is 259 g/mol. The predicted octanol–water partition coefficient (Wildman–Crippen LogP) is 0.967. The number of anilines is 1. The van der Waals surface area contributed by atoms with Crippen LogP contribution in [-0.4, -0.2) is 16.1 Å². The summed E-state index contributed by atoms with van der Waals surface area (Å²) in [6, 6.07) is 1.43. The fourth-order valence-electron chi connectivity index (χ4n) is 0.626. The average molecular weight is 264 g/mol. The molecule has 11 heavy (non-hydrogen) atoms. The number of carbonyl (C=O) groups is 1. The number of pyridine rings is 1. The molecule has 3 N–H and O–H groups in total. The lowest BCUT2D eigenvalue weighted by molar-refractivity contribution is 0.0698. The molecule has 0 aliphatic heterocycles. The van der Waals surface area contributed by atoms with E-state index in [2.05, 4.69) is 4.98 Å². The molecule has 0 radical (unpaired) electrons. The third-order valence-corrected chi connectivity index (χ3v) is 1.72. The van der Waals surface area contributed by atoms with Crippen molar-refractivity contribution in [2.75, 3.05) is 5.73 Å². The van der Waals surface area contributed by atoms with Gasteiger partial charge in [-0.3, -0.25) is 0 Å². The van der Waals surface area contributed by atoms with Crippen LogP contribution < -0.4 is 5.73 Å². The molecule has 1 rings (SSSR count). The van der Waals surface area contributed by atoms with E-state index < -0.39 is 5.97 Å². The fourth-order valence-corrected chi connectivity index (χ4v) is 1.08. The summed E-state index contributed by atoms with van der Waals surface area (Å²) < 4.78 is 0.620. The van der Waals surface area contributed by atoms with Crippen LogP contribution in [0.4, 0.5) is 5.69 Å². The van der Waals surface area contributed by atoms with E-state index >= 15 is 0 Å². The van der Waals surface area contributed by atoms with Crippen molar-refractivity contribution in [1.82, 2.24) is 4.98 Å². The summed E-state index contributed by atoms with van der Waals surface area (Å²) in [6.07, 6.45) is 1.34. The van der Waals surface area contributed by atoms with Crippen molar-refractivity contribution in [3.05, 3.63) is 21.5 Å². The lowest BCUT2D eigenvalue weighted by Crippen LogP contribution is -2.03. The first-order valence-corrected chi connectivity index (χ1v) is 3.83. The van der Waals surface area contributed by atoms with Gasteiger partial charge in [0.15, 0.2) is 0 Å². The van der Waals surface area contributed by atoms with Gasteiger partial charge in [-0.05, 0) is 28.7 Å². The first kappa shape index (κ1) is 8.25. The van der Waals surface area contributed by atoms with Crippen molar-refractivity contribution in [1.29, 1.82) is 0 Å². The Balaban J connectivity index is 3.23. The predicted molar refractivity (Wildman–Crippen MR) is 48.3 cm³/mol. The zero-order valence-electron chi connectivity index (χ0n) is 5.41. The SMILES string of the molecule is Nc1cnc(I)cc1C(=O)O. The highest BCUT2D eigenvalue weighted by Crippen LogP contribution is 2.12. The molecule has 5 heteroatoms. The lowest BCUT2D eigenvalue weighted by atomic mass is 10.2. The van der Waals surface area contributed by atoms with Crippen LogP contribution >= 0.6 is 22.6 Å². The summed E-state index contributed by atoms with van der Waals surface area (Å²) >= 11 is 1.93. The number of halogens is 1. The molecule has 1 aromatic heterocycles. The van der Waals surface area contributed by atoms with Gasteiger partial charge in [-0.2, -0.15) is 0 Å². The second-order valence-corrected chi connectivity index (χ2v) is 3.00. The molecule has 0 saturated heterocycles. The Hall–Kier alpha value is -0.850. The number of rotatable bonds is 1. The van der Waals surface area contributed by atoms with E-state index in [-0.39, 0.29) is 11.3 Å². The Labute approximate surface area is 76.6 Å². The van der Waals surface area contributed by atoms with Crippen LogP contribution in [0.3, 0.4) is 0 Å². The van der Waals surface area contributed by atoms with Crippen LogP contribution in [0.1, 0.15) is 10.4 Å². The van der Waals surface area contributed by atoms with E-state index in [1.807, 2.05) is 22.6 Å². The highest BCUT2D eigenvalue weighted by molar-refractivity contribution is 14.1. The molecule has 0 aliphatic carbocycles. The van der Waals surface area contributed by atoms with Crippen LogP contribution in [0.2, 0.25) is 0 Å². The van der Waals surface area contributed by atoms with Crippen LogP contribution in [0.5, 0.6) is 0 Å². The van der Waals surface area contributed by atoms with E-state index in [1.54, 1.807) is 0 Å². The maximum absolute atomic E-state index is 10.5. The summed E-state index contributed by atoms with van der Waals surface area (Å²) in [5.41, 5.74) is 5.64. The quantitative estimate of drug-likeness (QED) is 0.585. The fraction of sp³-hybridized carbons (Fsp3) is 0. The van der Waals surface area contributed by atoms with Gasteiger partial charge in [-0.15, -0.1) is 0 Å². The molecule has 0 saturated carbocycles. The molecule has 0 fully saturated rings. The number of nitrogen functional groups attached to an aromatic ring is 1. The Bertz CT molecular complexity index is 301. The normalized spacial score (nSPS) is 9.55. The molecule has 0 aromatic carbocycles. The molecular formula is C6H5IN2O2. The third kappa shape index (κ3) is 1.79.